The number of carbonyl (C=O) groups is 1. The quantitative estimate of drug-likeness (QED) is 0.788. The Morgan fingerprint density at radius 1 is 1.22 bits per heavy atom. The molecular formula is C18H20N4O. The van der Waals surface area contributed by atoms with Gasteiger partial charge in [-0.05, 0) is 30.2 Å². The molecule has 1 N–H and O–H groups in total. The Balaban J connectivity index is 1.73. The van der Waals surface area contributed by atoms with E-state index in [1.807, 2.05) is 54.8 Å². The van der Waals surface area contributed by atoms with E-state index >= 15 is 0 Å². The lowest BCUT2D eigenvalue weighted by molar-refractivity contribution is -0.124. The van der Waals surface area contributed by atoms with Gasteiger partial charge in [-0.3, -0.25) is 9.36 Å². The number of hydrogen-bond donors (Lipinski definition) is 1. The molecule has 0 spiro atoms. The van der Waals surface area contributed by atoms with Crippen LogP contribution in [-0.2, 0) is 11.3 Å². The van der Waals surface area contributed by atoms with Crippen LogP contribution < -0.4 is 5.32 Å². The van der Waals surface area contributed by atoms with Gasteiger partial charge in [0.1, 0.15) is 12.1 Å². The molecule has 0 radical (unpaired) electrons. The fourth-order valence-electron chi connectivity index (χ4n) is 2.35. The Labute approximate surface area is 135 Å². The predicted molar refractivity (Wildman–Crippen MR) is 90.2 cm³/mol. The van der Waals surface area contributed by atoms with E-state index in [1.165, 1.54) is 0 Å². The third kappa shape index (κ3) is 3.23. The monoisotopic (exact) mass is 308 g/mol. The fourth-order valence-corrected chi connectivity index (χ4v) is 2.35. The van der Waals surface area contributed by atoms with Gasteiger partial charge < -0.3 is 5.32 Å². The number of para-hydroxylation sites is 2. The van der Waals surface area contributed by atoms with Crippen LogP contribution in [0.1, 0.15) is 25.8 Å². The van der Waals surface area contributed by atoms with Crippen LogP contribution in [0.2, 0.25) is 0 Å². The van der Waals surface area contributed by atoms with Crippen molar-refractivity contribution >= 4 is 16.9 Å². The molecule has 1 atom stereocenters. The van der Waals surface area contributed by atoms with Crippen LogP contribution in [0.25, 0.3) is 16.9 Å². The number of carbonyl (C=O) groups excluding carboxylic acids is 1. The molecule has 5 heteroatoms. The lowest BCUT2D eigenvalue weighted by Gasteiger charge is -2.10. The summed E-state index contributed by atoms with van der Waals surface area (Å²) in [6.07, 6.45) is 4.41. The summed E-state index contributed by atoms with van der Waals surface area (Å²) in [4.78, 5) is 20.7. The Hall–Kier alpha value is -2.69. The molecular weight excluding hydrogens is 288 g/mol. The second-order valence-corrected chi connectivity index (χ2v) is 5.66. The number of nitrogens with one attached hydrogen (secondary N) is 1. The van der Waals surface area contributed by atoms with Crippen LogP contribution in [-0.4, -0.2) is 20.4 Å². The van der Waals surface area contributed by atoms with Crippen LogP contribution in [0.5, 0.6) is 0 Å². The standard InChI is InChI=1S/C18H20N4O/c1-3-13(2)18(23)20-11-14-8-9-17(19-10-14)22-12-21-15-6-4-5-7-16(15)22/h4-10,12-13H,3,11H2,1-2H3,(H,20,23)/t13-/m1/s1. The van der Waals surface area contributed by atoms with E-state index in [4.69, 9.17) is 0 Å². The second kappa shape index (κ2) is 6.60. The zero-order valence-corrected chi connectivity index (χ0v) is 13.4. The smallest absolute Gasteiger partial charge is 0.223 e. The van der Waals surface area contributed by atoms with Crippen molar-refractivity contribution in [2.75, 3.05) is 0 Å². The zero-order valence-electron chi connectivity index (χ0n) is 13.4. The summed E-state index contributed by atoms with van der Waals surface area (Å²) in [6.45, 7) is 4.44. The van der Waals surface area contributed by atoms with Crippen molar-refractivity contribution in [3.05, 3.63) is 54.5 Å². The maximum atomic E-state index is 11.8. The summed E-state index contributed by atoms with van der Waals surface area (Å²) in [5.41, 5.74) is 2.95. The Bertz CT molecular complexity index is 807. The molecule has 2 aromatic heterocycles. The van der Waals surface area contributed by atoms with Gasteiger partial charge in [0.25, 0.3) is 0 Å². The molecule has 0 saturated heterocycles. The van der Waals surface area contributed by atoms with Crippen LogP contribution in [0.15, 0.2) is 48.9 Å². The van der Waals surface area contributed by atoms with Crippen LogP contribution in [0.3, 0.4) is 0 Å². The molecule has 0 aliphatic carbocycles. The second-order valence-electron chi connectivity index (χ2n) is 5.66. The number of rotatable bonds is 5. The van der Waals surface area contributed by atoms with E-state index in [0.29, 0.717) is 6.54 Å². The maximum Gasteiger partial charge on any atom is 0.223 e. The minimum atomic E-state index is 0.0412. The molecule has 0 fully saturated rings. The number of nitrogens with zero attached hydrogens (tertiary/aromatic N) is 3. The summed E-state index contributed by atoms with van der Waals surface area (Å²) in [7, 11) is 0. The van der Waals surface area contributed by atoms with Gasteiger partial charge in [-0.1, -0.05) is 32.0 Å². The van der Waals surface area contributed by atoms with E-state index in [1.54, 1.807) is 12.5 Å². The van der Waals surface area contributed by atoms with E-state index in [2.05, 4.69) is 15.3 Å². The van der Waals surface area contributed by atoms with E-state index in [-0.39, 0.29) is 11.8 Å². The molecule has 5 nitrogen and oxygen atoms in total. The summed E-state index contributed by atoms with van der Waals surface area (Å²) in [5.74, 6) is 0.937. The molecule has 23 heavy (non-hydrogen) atoms. The zero-order chi connectivity index (χ0) is 16.2. The summed E-state index contributed by atoms with van der Waals surface area (Å²) >= 11 is 0. The normalized spacial score (nSPS) is 12.3. The lowest BCUT2D eigenvalue weighted by Crippen LogP contribution is -2.28. The first-order valence-electron chi connectivity index (χ1n) is 7.84. The highest BCUT2D eigenvalue weighted by Crippen LogP contribution is 2.16. The van der Waals surface area contributed by atoms with E-state index in [9.17, 15) is 4.79 Å². The molecule has 3 rings (SSSR count). The van der Waals surface area contributed by atoms with Crippen molar-refractivity contribution in [3.8, 4) is 5.82 Å². The first-order valence-corrected chi connectivity index (χ1v) is 7.84. The lowest BCUT2D eigenvalue weighted by atomic mass is 10.1. The van der Waals surface area contributed by atoms with Gasteiger partial charge >= 0.3 is 0 Å². The Morgan fingerprint density at radius 3 is 2.78 bits per heavy atom. The molecule has 0 aliphatic rings. The topological polar surface area (TPSA) is 59.8 Å². The molecule has 2 heterocycles. The maximum absolute atomic E-state index is 11.8. The van der Waals surface area contributed by atoms with Gasteiger partial charge in [-0.25, -0.2) is 9.97 Å². The molecule has 118 valence electrons. The van der Waals surface area contributed by atoms with Gasteiger partial charge in [0.15, 0.2) is 0 Å². The highest BCUT2D eigenvalue weighted by atomic mass is 16.1. The average molecular weight is 308 g/mol. The Morgan fingerprint density at radius 2 is 2.04 bits per heavy atom. The van der Waals surface area contributed by atoms with Crippen LogP contribution in [0, 0.1) is 5.92 Å². The number of hydrogen-bond acceptors (Lipinski definition) is 3. The third-order valence-corrected chi connectivity index (χ3v) is 4.04. The number of benzene rings is 1. The fraction of sp³-hybridized carbons (Fsp3) is 0.278. The minimum Gasteiger partial charge on any atom is -0.352 e. The van der Waals surface area contributed by atoms with Crippen LogP contribution >= 0.6 is 0 Å². The highest BCUT2D eigenvalue weighted by molar-refractivity contribution is 5.78. The van der Waals surface area contributed by atoms with Crippen molar-refractivity contribution in [1.82, 2.24) is 19.9 Å². The van der Waals surface area contributed by atoms with Crippen molar-refractivity contribution in [3.63, 3.8) is 0 Å². The molecule has 0 aliphatic heterocycles. The average Bonchev–Trinajstić information content (AvgIpc) is 3.03. The number of fused-ring (bicyclic) bond motifs is 1. The molecule has 1 amide bonds. The van der Waals surface area contributed by atoms with Gasteiger partial charge in [-0.15, -0.1) is 0 Å². The molecule has 3 aromatic rings. The van der Waals surface area contributed by atoms with E-state index in [0.717, 1.165) is 28.8 Å². The van der Waals surface area contributed by atoms with Crippen molar-refractivity contribution in [1.29, 1.82) is 0 Å². The molecule has 0 saturated carbocycles. The Kier molecular flexibility index (Phi) is 4.37. The van der Waals surface area contributed by atoms with Crippen LogP contribution in [0.4, 0.5) is 0 Å². The molecule has 1 aromatic carbocycles. The number of pyridine rings is 1. The number of amides is 1. The highest BCUT2D eigenvalue weighted by Gasteiger charge is 2.10. The van der Waals surface area contributed by atoms with Gasteiger partial charge in [-0.2, -0.15) is 0 Å². The first-order chi connectivity index (χ1) is 11.2. The van der Waals surface area contributed by atoms with Crippen molar-refractivity contribution in [2.24, 2.45) is 5.92 Å². The number of aromatic nitrogens is 3. The van der Waals surface area contributed by atoms with Gasteiger partial charge in [0.05, 0.1) is 11.0 Å². The SMILES string of the molecule is CC[C@@H](C)C(=O)NCc1ccc(-n2cnc3ccccc32)nc1. The molecule has 0 unspecified atom stereocenters. The minimum absolute atomic E-state index is 0.0412. The van der Waals surface area contributed by atoms with Crippen molar-refractivity contribution < 1.29 is 4.79 Å². The van der Waals surface area contributed by atoms with Gasteiger partial charge in [0, 0.05) is 18.7 Å². The largest absolute Gasteiger partial charge is 0.352 e. The first kappa shape index (κ1) is 15.2. The summed E-state index contributed by atoms with van der Waals surface area (Å²) in [5, 5.41) is 2.94. The van der Waals surface area contributed by atoms with E-state index < -0.39 is 0 Å². The van der Waals surface area contributed by atoms with Gasteiger partial charge in [0.2, 0.25) is 5.91 Å². The van der Waals surface area contributed by atoms with Crippen molar-refractivity contribution in [2.45, 2.75) is 26.8 Å². The third-order valence-electron chi connectivity index (χ3n) is 4.04. The molecule has 0 bridgehead atoms. The summed E-state index contributed by atoms with van der Waals surface area (Å²) < 4.78 is 1.96. The predicted octanol–water partition coefficient (Wildman–Crippen LogP) is 3.08. The number of imidazole rings is 1. The summed E-state index contributed by atoms with van der Waals surface area (Å²) in [6, 6.07) is 11.9.